The van der Waals surface area contributed by atoms with Gasteiger partial charge in [-0.05, 0) is 77.0 Å². The number of hydrogen-bond donors (Lipinski definition) is 2. The van der Waals surface area contributed by atoms with Crippen LogP contribution < -0.4 is 19.7 Å². The number of carboxylic acids is 1. The first kappa shape index (κ1) is 23.7. The van der Waals surface area contributed by atoms with Gasteiger partial charge in [0.25, 0.3) is 11.8 Å². The van der Waals surface area contributed by atoms with Gasteiger partial charge in [-0.2, -0.15) is 0 Å². The van der Waals surface area contributed by atoms with Crippen LogP contribution >= 0.6 is 38.5 Å². The van der Waals surface area contributed by atoms with Gasteiger partial charge in [-0.1, -0.05) is 15.9 Å². The lowest BCUT2D eigenvalue weighted by molar-refractivity contribution is -0.139. The molecule has 0 aromatic heterocycles. The second-order valence-electron chi connectivity index (χ2n) is 6.61. The fourth-order valence-electron chi connectivity index (χ4n) is 2.92. The number of benzene rings is 2. The van der Waals surface area contributed by atoms with Crippen molar-refractivity contribution in [2.75, 3.05) is 18.6 Å². The molecule has 9 nitrogen and oxygen atoms in total. The number of urea groups is 1. The van der Waals surface area contributed by atoms with Gasteiger partial charge in [-0.25, -0.2) is 14.5 Å². The van der Waals surface area contributed by atoms with Gasteiger partial charge in [0.05, 0.1) is 16.4 Å². The molecule has 2 aromatic carbocycles. The summed E-state index contributed by atoms with van der Waals surface area (Å²) in [4.78, 5) is 49.6. The molecule has 166 valence electrons. The molecular weight excluding hydrogens is 599 g/mol. The number of methoxy groups -OCH3 is 1. The monoisotopic (exact) mass is 614 g/mol. The van der Waals surface area contributed by atoms with Crippen LogP contribution in [0, 0.1) is 10.5 Å². The van der Waals surface area contributed by atoms with E-state index >= 15 is 0 Å². The first-order chi connectivity index (χ1) is 15.1. The lowest BCUT2D eigenvalue weighted by atomic mass is 10.1. The Labute approximate surface area is 204 Å². The maximum absolute atomic E-state index is 13.1. The van der Waals surface area contributed by atoms with E-state index in [1.54, 1.807) is 24.3 Å². The number of barbiturate groups is 1. The Bertz CT molecular complexity index is 1180. The zero-order chi connectivity index (χ0) is 23.6. The minimum atomic E-state index is -1.15. The Hall–Kier alpha value is -2.93. The third-order valence-electron chi connectivity index (χ3n) is 4.40. The van der Waals surface area contributed by atoms with Crippen LogP contribution in [0.1, 0.15) is 11.1 Å². The number of carbonyl (C=O) groups excluding carboxylic acids is 3. The van der Waals surface area contributed by atoms with Gasteiger partial charge in [-0.15, -0.1) is 0 Å². The number of anilines is 1. The highest BCUT2D eigenvalue weighted by atomic mass is 127. The summed E-state index contributed by atoms with van der Waals surface area (Å²) in [5, 5.41) is 11.0. The molecule has 2 aromatic rings. The summed E-state index contributed by atoms with van der Waals surface area (Å²) in [5.74, 6) is -2.30. The molecule has 0 saturated carbocycles. The normalized spacial score (nSPS) is 15.1. The number of nitrogens with zero attached hydrogens (tertiary/aromatic N) is 1. The van der Waals surface area contributed by atoms with E-state index in [-0.39, 0.29) is 17.1 Å². The van der Waals surface area contributed by atoms with Gasteiger partial charge in [0.15, 0.2) is 18.1 Å². The highest BCUT2D eigenvalue weighted by Gasteiger charge is 2.37. The van der Waals surface area contributed by atoms with Crippen LogP contribution in [0.3, 0.4) is 0 Å². The standard InChI is InChI=1S/C21H16BrIN2O7/c1-10-5-12(3-4-14(10)22)25-20(29)13(19(28)24-21(25)30)6-11-7-15(23)18(16(8-11)31-2)32-9-17(26)27/h3-8H,9H2,1-2H3,(H,26,27)(H,24,28,30)/b13-6+. The van der Waals surface area contributed by atoms with E-state index < -0.39 is 30.4 Å². The third kappa shape index (κ3) is 4.93. The Balaban J connectivity index is 2.01. The minimum Gasteiger partial charge on any atom is -0.493 e. The number of carbonyl (C=O) groups is 4. The van der Waals surface area contributed by atoms with Crippen molar-refractivity contribution in [1.29, 1.82) is 0 Å². The molecule has 4 amide bonds. The van der Waals surface area contributed by atoms with Crippen LogP contribution in [0.4, 0.5) is 10.5 Å². The number of ether oxygens (including phenoxy) is 2. The summed E-state index contributed by atoms with van der Waals surface area (Å²) in [6.45, 7) is 1.25. The molecular formula is C21H16BrIN2O7. The quantitative estimate of drug-likeness (QED) is 0.290. The van der Waals surface area contributed by atoms with Gasteiger partial charge >= 0.3 is 12.0 Å². The average Bonchev–Trinajstić information content (AvgIpc) is 2.72. The van der Waals surface area contributed by atoms with E-state index in [0.717, 1.165) is 14.9 Å². The molecule has 1 heterocycles. The zero-order valence-electron chi connectivity index (χ0n) is 16.8. The van der Waals surface area contributed by atoms with E-state index in [2.05, 4.69) is 21.2 Å². The van der Waals surface area contributed by atoms with Gasteiger partial charge in [0, 0.05) is 4.47 Å². The molecule has 0 unspecified atom stereocenters. The predicted molar refractivity (Wildman–Crippen MR) is 127 cm³/mol. The summed E-state index contributed by atoms with van der Waals surface area (Å²) in [5.41, 5.74) is 1.30. The fourth-order valence-corrected chi connectivity index (χ4v) is 3.95. The first-order valence-corrected chi connectivity index (χ1v) is 10.9. The van der Waals surface area contributed by atoms with Gasteiger partial charge in [0.1, 0.15) is 5.57 Å². The van der Waals surface area contributed by atoms with Crippen LogP contribution in [0.15, 0.2) is 40.4 Å². The van der Waals surface area contributed by atoms with Crippen molar-refractivity contribution in [2.24, 2.45) is 0 Å². The van der Waals surface area contributed by atoms with Crippen molar-refractivity contribution in [3.63, 3.8) is 0 Å². The number of rotatable bonds is 6. The van der Waals surface area contributed by atoms with Gasteiger partial charge in [0.2, 0.25) is 0 Å². The molecule has 1 aliphatic rings. The molecule has 0 spiro atoms. The van der Waals surface area contributed by atoms with Crippen LogP contribution in [0.25, 0.3) is 6.08 Å². The van der Waals surface area contributed by atoms with E-state index in [1.165, 1.54) is 19.3 Å². The molecule has 1 fully saturated rings. The number of hydrogen-bond acceptors (Lipinski definition) is 6. The lowest BCUT2D eigenvalue weighted by Gasteiger charge is -2.26. The molecule has 3 rings (SSSR count). The largest absolute Gasteiger partial charge is 0.493 e. The van der Waals surface area contributed by atoms with Crippen molar-refractivity contribution in [3.05, 3.63) is 55.1 Å². The van der Waals surface area contributed by atoms with Crippen LogP contribution in [-0.2, 0) is 14.4 Å². The number of halogens is 2. The smallest absolute Gasteiger partial charge is 0.341 e. The second-order valence-corrected chi connectivity index (χ2v) is 8.62. The molecule has 0 aliphatic carbocycles. The van der Waals surface area contributed by atoms with E-state index in [9.17, 15) is 19.2 Å². The van der Waals surface area contributed by atoms with Gasteiger partial charge < -0.3 is 14.6 Å². The Morgan fingerprint density at radius 2 is 1.97 bits per heavy atom. The second kappa shape index (κ2) is 9.69. The summed E-state index contributed by atoms with van der Waals surface area (Å²) >= 11 is 5.30. The van der Waals surface area contributed by atoms with Crippen molar-refractivity contribution in [3.8, 4) is 11.5 Å². The topological polar surface area (TPSA) is 122 Å². The summed E-state index contributed by atoms with van der Waals surface area (Å²) in [6.07, 6.45) is 1.33. The van der Waals surface area contributed by atoms with E-state index in [4.69, 9.17) is 14.6 Å². The molecule has 0 radical (unpaired) electrons. The number of carboxylic acid groups (broad SMARTS) is 1. The number of imide groups is 2. The van der Waals surface area contributed by atoms with Crippen molar-refractivity contribution in [2.45, 2.75) is 6.92 Å². The molecule has 11 heteroatoms. The van der Waals surface area contributed by atoms with Crippen LogP contribution in [0.2, 0.25) is 0 Å². The Morgan fingerprint density at radius 3 is 2.59 bits per heavy atom. The van der Waals surface area contributed by atoms with Crippen LogP contribution in [-0.4, -0.2) is 42.6 Å². The third-order valence-corrected chi connectivity index (χ3v) is 6.10. The SMILES string of the molecule is COc1cc(/C=C2\C(=O)NC(=O)N(c3ccc(Br)c(C)c3)C2=O)cc(I)c1OCC(=O)O. The predicted octanol–water partition coefficient (Wildman–Crippen LogP) is 3.50. The first-order valence-electron chi connectivity index (χ1n) is 9.02. The van der Waals surface area contributed by atoms with Crippen molar-refractivity contribution >= 4 is 74.1 Å². The molecule has 32 heavy (non-hydrogen) atoms. The molecule has 0 bridgehead atoms. The summed E-state index contributed by atoms with van der Waals surface area (Å²) in [6, 6.07) is 7.19. The highest BCUT2D eigenvalue weighted by molar-refractivity contribution is 14.1. The zero-order valence-corrected chi connectivity index (χ0v) is 20.5. The Kier molecular flexibility index (Phi) is 7.19. The summed E-state index contributed by atoms with van der Waals surface area (Å²) < 4.78 is 11.8. The van der Waals surface area contributed by atoms with E-state index in [0.29, 0.717) is 14.8 Å². The average molecular weight is 615 g/mol. The highest BCUT2D eigenvalue weighted by Crippen LogP contribution is 2.35. The fraction of sp³-hybridized carbons (Fsp3) is 0.143. The molecule has 1 aliphatic heterocycles. The maximum Gasteiger partial charge on any atom is 0.341 e. The Morgan fingerprint density at radius 1 is 1.25 bits per heavy atom. The number of amides is 4. The molecule has 0 atom stereocenters. The number of nitrogens with one attached hydrogen (secondary N) is 1. The number of aryl methyl sites for hydroxylation is 1. The van der Waals surface area contributed by atoms with Gasteiger partial charge in [-0.3, -0.25) is 14.9 Å². The van der Waals surface area contributed by atoms with E-state index in [1.807, 2.05) is 29.5 Å². The lowest BCUT2D eigenvalue weighted by Crippen LogP contribution is -2.54. The van der Waals surface area contributed by atoms with Crippen molar-refractivity contribution < 1.29 is 33.8 Å². The summed E-state index contributed by atoms with van der Waals surface area (Å²) in [7, 11) is 1.38. The number of aliphatic carboxylic acids is 1. The van der Waals surface area contributed by atoms with Crippen molar-refractivity contribution in [1.82, 2.24) is 5.32 Å². The minimum absolute atomic E-state index is 0.221. The maximum atomic E-state index is 13.1. The van der Waals surface area contributed by atoms with Crippen LogP contribution in [0.5, 0.6) is 11.5 Å². The molecule has 2 N–H and O–H groups in total. The molecule has 1 saturated heterocycles.